The summed E-state index contributed by atoms with van der Waals surface area (Å²) < 4.78 is 0. The molecule has 0 bridgehead atoms. The van der Waals surface area contributed by atoms with Gasteiger partial charge in [-0.1, -0.05) is 6.42 Å². The van der Waals surface area contributed by atoms with Crippen molar-refractivity contribution in [3.63, 3.8) is 0 Å². The molecule has 2 atom stereocenters. The molecule has 3 heteroatoms. The number of hydrogen-bond acceptors (Lipinski definition) is 2. The second-order valence-electron chi connectivity index (χ2n) is 4.71. The first kappa shape index (κ1) is 9.97. The summed E-state index contributed by atoms with van der Waals surface area (Å²) in [6.45, 7) is 0.673. The maximum Gasteiger partial charge on any atom is 0.220 e. The number of amides is 1. The Morgan fingerprint density at radius 2 is 2.07 bits per heavy atom. The summed E-state index contributed by atoms with van der Waals surface area (Å²) in [5.41, 5.74) is 0. The van der Waals surface area contributed by atoms with Gasteiger partial charge in [-0.15, -0.1) is 0 Å². The molecule has 0 aromatic heterocycles. The van der Waals surface area contributed by atoms with Crippen molar-refractivity contribution in [1.29, 1.82) is 0 Å². The third kappa shape index (κ3) is 2.71. The van der Waals surface area contributed by atoms with Crippen LogP contribution in [-0.2, 0) is 4.79 Å². The van der Waals surface area contributed by atoms with Gasteiger partial charge in [-0.05, 0) is 31.6 Å². The van der Waals surface area contributed by atoms with E-state index in [0.29, 0.717) is 24.8 Å². The van der Waals surface area contributed by atoms with Crippen LogP contribution in [0.3, 0.4) is 0 Å². The molecular formula is C11H19NO2. The number of carbonyl (C=O) groups excluding carboxylic acids is 1. The number of hydrogen-bond donors (Lipinski definition) is 2. The number of rotatable bonds is 4. The van der Waals surface area contributed by atoms with E-state index in [1.165, 1.54) is 12.8 Å². The third-order valence-electron chi connectivity index (χ3n) is 3.35. The molecule has 0 heterocycles. The molecule has 2 unspecified atom stereocenters. The molecule has 2 rings (SSSR count). The van der Waals surface area contributed by atoms with E-state index in [-0.39, 0.29) is 12.0 Å². The lowest BCUT2D eigenvalue weighted by atomic mass is 10.1. The predicted octanol–water partition coefficient (Wildman–Crippen LogP) is 1.06. The quantitative estimate of drug-likeness (QED) is 0.708. The minimum Gasteiger partial charge on any atom is -0.393 e. The summed E-state index contributed by atoms with van der Waals surface area (Å²) in [4.78, 5) is 11.4. The fraction of sp³-hybridized carbons (Fsp3) is 0.909. The van der Waals surface area contributed by atoms with Gasteiger partial charge < -0.3 is 10.4 Å². The van der Waals surface area contributed by atoms with Crippen LogP contribution in [0.25, 0.3) is 0 Å². The number of aliphatic hydroxyl groups is 1. The average molecular weight is 197 g/mol. The van der Waals surface area contributed by atoms with E-state index in [1.807, 2.05) is 0 Å². The molecule has 0 radical (unpaired) electrons. The molecule has 2 aliphatic carbocycles. The van der Waals surface area contributed by atoms with Crippen molar-refractivity contribution in [1.82, 2.24) is 5.32 Å². The van der Waals surface area contributed by atoms with Crippen molar-refractivity contribution < 1.29 is 9.90 Å². The molecule has 0 aromatic rings. The fourth-order valence-corrected chi connectivity index (χ4v) is 2.16. The van der Waals surface area contributed by atoms with E-state index in [0.717, 1.165) is 19.3 Å². The van der Waals surface area contributed by atoms with Crippen molar-refractivity contribution in [2.75, 3.05) is 6.54 Å². The highest BCUT2D eigenvalue weighted by Crippen LogP contribution is 2.32. The second-order valence-corrected chi connectivity index (χ2v) is 4.71. The van der Waals surface area contributed by atoms with Crippen LogP contribution in [0.4, 0.5) is 0 Å². The lowest BCUT2D eigenvalue weighted by Crippen LogP contribution is -2.32. The molecule has 80 valence electrons. The minimum atomic E-state index is -0.184. The Hall–Kier alpha value is -0.570. The molecule has 1 amide bonds. The molecule has 2 aliphatic rings. The van der Waals surface area contributed by atoms with Crippen LogP contribution in [-0.4, -0.2) is 23.7 Å². The van der Waals surface area contributed by atoms with Crippen LogP contribution in [0.1, 0.15) is 38.5 Å². The van der Waals surface area contributed by atoms with Crippen molar-refractivity contribution in [2.24, 2.45) is 11.8 Å². The monoisotopic (exact) mass is 197 g/mol. The SMILES string of the molecule is O=C(CC1CC1)NCC1CCCC1O. The first-order chi connectivity index (χ1) is 6.75. The van der Waals surface area contributed by atoms with Gasteiger partial charge in [0.05, 0.1) is 6.10 Å². The Labute approximate surface area is 84.9 Å². The van der Waals surface area contributed by atoms with Crippen molar-refractivity contribution in [2.45, 2.75) is 44.6 Å². The molecule has 0 spiro atoms. The van der Waals surface area contributed by atoms with Crippen LogP contribution >= 0.6 is 0 Å². The average Bonchev–Trinajstić information content (AvgIpc) is 2.86. The Morgan fingerprint density at radius 1 is 1.29 bits per heavy atom. The topological polar surface area (TPSA) is 49.3 Å². The van der Waals surface area contributed by atoms with Gasteiger partial charge in [-0.3, -0.25) is 4.79 Å². The summed E-state index contributed by atoms with van der Waals surface area (Å²) in [6.07, 6.45) is 6.02. The maximum atomic E-state index is 11.4. The van der Waals surface area contributed by atoms with E-state index in [1.54, 1.807) is 0 Å². The Morgan fingerprint density at radius 3 is 2.64 bits per heavy atom. The third-order valence-corrected chi connectivity index (χ3v) is 3.35. The van der Waals surface area contributed by atoms with Gasteiger partial charge in [0, 0.05) is 18.9 Å². The lowest BCUT2D eigenvalue weighted by Gasteiger charge is -2.14. The summed E-state index contributed by atoms with van der Waals surface area (Å²) in [5.74, 6) is 1.13. The van der Waals surface area contributed by atoms with E-state index < -0.39 is 0 Å². The van der Waals surface area contributed by atoms with Crippen LogP contribution in [0, 0.1) is 11.8 Å². The zero-order chi connectivity index (χ0) is 9.97. The van der Waals surface area contributed by atoms with Crippen LogP contribution in [0.2, 0.25) is 0 Å². The van der Waals surface area contributed by atoms with Crippen LogP contribution in [0.5, 0.6) is 0 Å². The normalized spacial score (nSPS) is 31.8. The molecule has 2 N–H and O–H groups in total. The van der Waals surface area contributed by atoms with Crippen molar-refractivity contribution >= 4 is 5.91 Å². The van der Waals surface area contributed by atoms with Gasteiger partial charge in [0.1, 0.15) is 0 Å². The summed E-state index contributed by atoms with van der Waals surface area (Å²) >= 11 is 0. The molecule has 0 saturated heterocycles. The standard InChI is InChI=1S/C11H19NO2/c13-10-3-1-2-9(10)7-12-11(14)6-8-4-5-8/h8-10,13H,1-7H2,(H,12,14). The van der Waals surface area contributed by atoms with Gasteiger partial charge >= 0.3 is 0 Å². The number of nitrogens with one attached hydrogen (secondary N) is 1. The second kappa shape index (κ2) is 4.30. The molecule has 0 aliphatic heterocycles. The Bertz CT molecular complexity index is 213. The van der Waals surface area contributed by atoms with E-state index >= 15 is 0 Å². The smallest absolute Gasteiger partial charge is 0.220 e. The van der Waals surface area contributed by atoms with E-state index in [9.17, 15) is 9.90 Å². The predicted molar refractivity (Wildman–Crippen MR) is 53.7 cm³/mol. The highest BCUT2D eigenvalue weighted by Gasteiger charge is 2.27. The largest absolute Gasteiger partial charge is 0.393 e. The van der Waals surface area contributed by atoms with Crippen LogP contribution in [0.15, 0.2) is 0 Å². The lowest BCUT2D eigenvalue weighted by molar-refractivity contribution is -0.121. The van der Waals surface area contributed by atoms with E-state index in [4.69, 9.17) is 0 Å². The van der Waals surface area contributed by atoms with E-state index in [2.05, 4.69) is 5.32 Å². The van der Waals surface area contributed by atoms with Gasteiger partial charge in [0.25, 0.3) is 0 Å². The minimum absolute atomic E-state index is 0.173. The van der Waals surface area contributed by atoms with Gasteiger partial charge in [0.15, 0.2) is 0 Å². The van der Waals surface area contributed by atoms with Gasteiger partial charge in [-0.25, -0.2) is 0 Å². The molecule has 3 nitrogen and oxygen atoms in total. The summed E-state index contributed by atoms with van der Waals surface area (Å²) in [7, 11) is 0. The van der Waals surface area contributed by atoms with Crippen molar-refractivity contribution in [3.8, 4) is 0 Å². The highest BCUT2D eigenvalue weighted by molar-refractivity contribution is 5.76. The molecular weight excluding hydrogens is 178 g/mol. The summed E-state index contributed by atoms with van der Waals surface area (Å²) in [6, 6.07) is 0. The Kier molecular flexibility index (Phi) is 3.06. The highest BCUT2D eigenvalue weighted by atomic mass is 16.3. The van der Waals surface area contributed by atoms with Gasteiger partial charge in [0.2, 0.25) is 5.91 Å². The fourth-order valence-electron chi connectivity index (χ4n) is 2.16. The number of carbonyl (C=O) groups is 1. The number of aliphatic hydroxyl groups excluding tert-OH is 1. The summed E-state index contributed by atoms with van der Waals surface area (Å²) in [5, 5.41) is 12.5. The first-order valence-corrected chi connectivity index (χ1v) is 5.70. The molecule has 2 saturated carbocycles. The molecule has 14 heavy (non-hydrogen) atoms. The first-order valence-electron chi connectivity index (χ1n) is 5.70. The van der Waals surface area contributed by atoms with Crippen LogP contribution < -0.4 is 5.32 Å². The maximum absolute atomic E-state index is 11.4. The zero-order valence-corrected chi connectivity index (χ0v) is 8.54. The van der Waals surface area contributed by atoms with Gasteiger partial charge in [-0.2, -0.15) is 0 Å². The molecule has 2 fully saturated rings. The van der Waals surface area contributed by atoms with Crippen molar-refractivity contribution in [3.05, 3.63) is 0 Å². The Balaban J connectivity index is 1.62. The molecule has 0 aromatic carbocycles. The zero-order valence-electron chi connectivity index (χ0n) is 8.54.